The first-order valence-corrected chi connectivity index (χ1v) is 8.88. The van der Waals surface area contributed by atoms with Crippen molar-refractivity contribution in [2.45, 2.75) is 46.6 Å². The maximum Gasteiger partial charge on any atom is 0.193 e. The van der Waals surface area contributed by atoms with Crippen molar-refractivity contribution in [1.29, 1.82) is 0 Å². The minimum atomic E-state index is 0.306. The predicted octanol–water partition coefficient (Wildman–Crippen LogP) is 3.66. The highest BCUT2D eigenvalue weighted by atomic mass is 16.5. The number of rotatable bonds is 6. The average molecular weight is 342 g/mol. The number of hydrogen-bond acceptors (Lipinski definition) is 3. The summed E-state index contributed by atoms with van der Waals surface area (Å²) in [6.07, 6.45) is 1.07. The third-order valence-electron chi connectivity index (χ3n) is 4.57. The number of nitrogens with zero attached hydrogens (tertiary/aromatic N) is 3. The molecule has 0 bridgehead atoms. The molecule has 1 aromatic carbocycles. The zero-order chi connectivity index (χ0) is 18.4. The Hall–Kier alpha value is -2.30. The molecule has 0 saturated carbocycles. The van der Waals surface area contributed by atoms with E-state index in [0.29, 0.717) is 5.92 Å². The summed E-state index contributed by atoms with van der Waals surface area (Å²) in [6.45, 7) is 9.91. The molecule has 2 aromatic rings. The van der Waals surface area contributed by atoms with Crippen LogP contribution in [0, 0.1) is 13.8 Å². The van der Waals surface area contributed by atoms with Gasteiger partial charge in [0.05, 0.1) is 5.69 Å². The standard InChI is InChI=1S/C20H30N4O/c1-7-17-8-10-18(11-9-17)13-24(6)20(21-5)22-12-14(2)19-15(3)23-25-16(19)4/h8-11,14H,7,12-13H2,1-6H3,(H,21,22). The zero-order valence-corrected chi connectivity index (χ0v) is 16.3. The molecule has 0 amide bonds. The Morgan fingerprint density at radius 2 is 1.88 bits per heavy atom. The van der Waals surface area contributed by atoms with Crippen molar-refractivity contribution in [3.63, 3.8) is 0 Å². The number of guanidine groups is 1. The van der Waals surface area contributed by atoms with Gasteiger partial charge in [-0.3, -0.25) is 4.99 Å². The Balaban J connectivity index is 1.94. The lowest BCUT2D eigenvalue weighted by atomic mass is 10.00. The van der Waals surface area contributed by atoms with Crippen LogP contribution in [-0.2, 0) is 13.0 Å². The van der Waals surface area contributed by atoms with Crippen molar-refractivity contribution >= 4 is 5.96 Å². The summed E-state index contributed by atoms with van der Waals surface area (Å²) >= 11 is 0. The fraction of sp³-hybridized carbons (Fsp3) is 0.500. The Kier molecular flexibility index (Phi) is 6.62. The third kappa shape index (κ3) is 4.84. The lowest BCUT2D eigenvalue weighted by molar-refractivity contribution is 0.391. The van der Waals surface area contributed by atoms with E-state index in [1.807, 2.05) is 20.9 Å². The van der Waals surface area contributed by atoms with E-state index in [1.54, 1.807) is 0 Å². The molecule has 0 saturated heterocycles. The largest absolute Gasteiger partial charge is 0.361 e. The van der Waals surface area contributed by atoms with Gasteiger partial charge < -0.3 is 14.7 Å². The molecule has 0 aliphatic carbocycles. The van der Waals surface area contributed by atoms with Crippen molar-refractivity contribution < 1.29 is 4.52 Å². The van der Waals surface area contributed by atoms with Gasteiger partial charge in [-0.25, -0.2) is 0 Å². The second kappa shape index (κ2) is 8.70. The molecule has 1 atom stereocenters. The molecule has 1 unspecified atom stereocenters. The van der Waals surface area contributed by atoms with Crippen LogP contribution in [0.15, 0.2) is 33.8 Å². The summed E-state index contributed by atoms with van der Waals surface area (Å²) in [7, 11) is 3.88. The maximum absolute atomic E-state index is 5.28. The van der Waals surface area contributed by atoms with E-state index in [1.165, 1.54) is 16.7 Å². The molecule has 0 spiro atoms. The van der Waals surface area contributed by atoms with Gasteiger partial charge in [-0.05, 0) is 31.4 Å². The first kappa shape index (κ1) is 19.0. The molecule has 0 aliphatic rings. The van der Waals surface area contributed by atoms with Gasteiger partial charge in [0.15, 0.2) is 5.96 Å². The molecular formula is C20H30N4O. The molecule has 0 radical (unpaired) electrons. The number of aryl methyl sites for hydroxylation is 3. The van der Waals surface area contributed by atoms with Gasteiger partial charge in [0.25, 0.3) is 0 Å². The molecule has 1 N–H and O–H groups in total. The van der Waals surface area contributed by atoms with E-state index in [2.05, 4.69) is 65.5 Å². The maximum atomic E-state index is 5.28. The van der Waals surface area contributed by atoms with Crippen LogP contribution >= 0.6 is 0 Å². The molecule has 1 heterocycles. The van der Waals surface area contributed by atoms with E-state index >= 15 is 0 Å². The first-order valence-electron chi connectivity index (χ1n) is 8.88. The van der Waals surface area contributed by atoms with Crippen molar-refractivity contribution in [3.05, 3.63) is 52.4 Å². The summed E-state index contributed by atoms with van der Waals surface area (Å²) in [6, 6.07) is 8.77. The highest BCUT2D eigenvalue weighted by molar-refractivity contribution is 5.79. The quantitative estimate of drug-likeness (QED) is 0.643. The Morgan fingerprint density at radius 3 is 2.40 bits per heavy atom. The van der Waals surface area contributed by atoms with Crippen LogP contribution in [0.4, 0.5) is 0 Å². The monoisotopic (exact) mass is 342 g/mol. The normalized spacial score (nSPS) is 13.0. The summed E-state index contributed by atoms with van der Waals surface area (Å²) in [5, 5.41) is 7.51. The molecule has 5 heteroatoms. The van der Waals surface area contributed by atoms with E-state index in [0.717, 1.165) is 36.9 Å². The highest BCUT2D eigenvalue weighted by Crippen LogP contribution is 2.22. The van der Waals surface area contributed by atoms with Gasteiger partial charge >= 0.3 is 0 Å². The second-order valence-corrected chi connectivity index (χ2v) is 6.59. The van der Waals surface area contributed by atoms with Gasteiger partial charge in [0.1, 0.15) is 5.76 Å². The first-order chi connectivity index (χ1) is 12.0. The Bertz CT molecular complexity index is 683. The minimum Gasteiger partial charge on any atom is -0.361 e. The van der Waals surface area contributed by atoms with E-state index in [-0.39, 0.29) is 0 Å². The minimum absolute atomic E-state index is 0.306. The van der Waals surface area contributed by atoms with E-state index < -0.39 is 0 Å². The van der Waals surface area contributed by atoms with E-state index in [4.69, 9.17) is 4.52 Å². The molecule has 0 fully saturated rings. The van der Waals surface area contributed by atoms with Crippen LogP contribution in [-0.4, -0.2) is 36.7 Å². The van der Waals surface area contributed by atoms with Gasteiger partial charge in [-0.2, -0.15) is 0 Å². The Morgan fingerprint density at radius 1 is 1.24 bits per heavy atom. The SMILES string of the molecule is CCc1ccc(CN(C)C(=NC)NCC(C)c2c(C)noc2C)cc1. The molecular weight excluding hydrogens is 312 g/mol. The second-order valence-electron chi connectivity index (χ2n) is 6.59. The van der Waals surface area contributed by atoms with Crippen LogP contribution in [0.25, 0.3) is 0 Å². The molecule has 136 valence electrons. The summed E-state index contributed by atoms with van der Waals surface area (Å²) in [5.74, 6) is 2.09. The number of benzene rings is 1. The predicted molar refractivity (Wildman–Crippen MR) is 103 cm³/mol. The fourth-order valence-electron chi connectivity index (χ4n) is 3.15. The van der Waals surface area contributed by atoms with Gasteiger partial charge in [0.2, 0.25) is 0 Å². The van der Waals surface area contributed by atoms with Crippen LogP contribution in [0.1, 0.15) is 47.9 Å². The number of hydrogen-bond donors (Lipinski definition) is 1. The number of aromatic nitrogens is 1. The van der Waals surface area contributed by atoms with Crippen LogP contribution in [0.3, 0.4) is 0 Å². The van der Waals surface area contributed by atoms with Crippen LogP contribution in [0.5, 0.6) is 0 Å². The van der Waals surface area contributed by atoms with Crippen molar-refractivity contribution in [2.75, 3.05) is 20.6 Å². The van der Waals surface area contributed by atoms with Crippen molar-refractivity contribution in [3.8, 4) is 0 Å². The van der Waals surface area contributed by atoms with Gasteiger partial charge in [0, 0.05) is 38.7 Å². The smallest absolute Gasteiger partial charge is 0.193 e. The number of aliphatic imine (C=N–C) groups is 1. The fourth-order valence-corrected chi connectivity index (χ4v) is 3.15. The van der Waals surface area contributed by atoms with E-state index in [9.17, 15) is 0 Å². The molecule has 2 rings (SSSR count). The molecule has 1 aromatic heterocycles. The van der Waals surface area contributed by atoms with Crippen molar-refractivity contribution in [1.82, 2.24) is 15.4 Å². The summed E-state index contributed by atoms with van der Waals surface area (Å²) in [4.78, 5) is 6.55. The summed E-state index contributed by atoms with van der Waals surface area (Å²) < 4.78 is 5.28. The number of nitrogens with one attached hydrogen (secondary N) is 1. The molecule has 5 nitrogen and oxygen atoms in total. The van der Waals surface area contributed by atoms with Crippen LogP contribution in [0.2, 0.25) is 0 Å². The highest BCUT2D eigenvalue weighted by Gasteiger charge is 2.17. The lowest BCUT2D eigenvalue weighted by Crippen LogP contribution is -2.40. The zero-order valence-electron chi connectivity index (χ0n) is 16.3. The van der Waals surface area contributed by atoms with Crippen molar-refractivity contribution in [2.24, 2.45) is 4.99 Å². The summed E-state index contributed by atoms with van der Waals surface area (Å²) in [5.41, 5.74) is 4.79. The van der Waals surface area contributed by atoms with Gasteiger partial charge in [-0.1, -0.05) is 43.3 Å². The average Bonchev–Trinajstić information content (AvgIpc) is 2.94. The lowest BCUT2D eigenvalue weighted by Gasteiger charge is -2.24. The van der Waals surface area contributed by atoms with Gasteiger partial charge in [-0.15, -0.1) is 0 Å². The molecule has 0 aliphatic heterocycles. The Labute approximate surface area is 151 Å². The van der Waals surface area contributed by atoms with Crippen LogP contribution < -0.4 is 5.32 Å². The topological polar surface area (TPSA) is 53.7 Å². The third-order valence-corrected chi connectivity index (χ3v) is 4.57. The molecule has 25 heavy (non-hydrogen) atoms.